The number of hydrazine groups is 1. The molecule has 0 spiro atoms. The highest BCUT2D eigenvalue weighted by molar-refractivity contribution is 7.91. The maximum atomic E-state index is 12.4. The van der Waals surface area contributed by atoms with Crippen LogP contribution < -0.4 is 9.57 Å². The molecule has 6 nitrogen and oxygen atoms in total. The molecule has 0 bridgehead atoms. The van der Waals surface area contributed by atoms with Crippen LogP contribution in [0.25, 0.3) is 0 Å². The monoisotopic (exact) mass is 434 g/mol. The fraction of sp³-hybridized carbons (Fsp3) is 0.476. The Balaban J connectivity index is 1.22. The zero-order chi connectivity index (χ0) is 20.3. The van der Waals surface area contributed by atoms with E-state index in [2.05, 4.69) is 4.83 Å². The molecule has 1 aliphatic carbocycles. The first-order chi connectivity index (χ1) is 14.0. The number of ketones is 1. The van der Waals surface area contributed by atoms with E-state index in [0.717, 1.165) is 56.4 Å². The maximum Gasteiger partial charge on any atom is 0.262 e. The van der Waals surface area contributed by atoms with Gasteiger partial charge in [0.1, 0.15) is 9.96 Å². The number of carbonyl (C=O) groups is 1. The number of ether oxygens (including phenoxy) is 1. The van der Waals surface area contributed by atoms with E-state index < -0.39 is 10.0 Å². The van der Waals surface area contributed by atoms with E-state index in [0.29, 0.717) is 10.8 Å². The van der Waals surface area contributed by atoms with Crippen molar-refractivity contribution in [3.63, 3.8) is 0 Å². The first-order valence-corrected chi connectivity index (χ1v) is 12.5. The molecule has 156 valence electrons. The fourth-order valence-corrected chi connectivity index (χ4v) is 5.81. The van der Waals surface area contributed by atoms with Crippen LogP contribution in [0.1, 0.15) is 48.9 Å². The predicted molar refractivity (Wildman–Crippen MR) is 113 cm³/mol. The third-order valence-electron chi connectivity index (χ3n) is 5.41. The number of rotatable bonds is 10. The minimum Gasteiger partial charge on any atom is -0.494 e. The third-order valence-corrected chi connectivity index (χ3v) is 8.16. The smallest absolute Gasteiger partial charge is 0.262 e. The Bertz CT molecular complexity index is 922. The Kier molecular flexibility index (Phi) is 6.34. The molecule has 8 heteroatoms. The summed E-state index contributed by atoms with van der Waals surface area (Å²) in [5, 5.41) is 3.62. The van der Waals surface area contributed by atoms with Crippen molar-refractivity contribution in [1.29, 1.82) is 0 Å². The second-order valence-electron chi connectivity index (χ2n) is 7.67. The summed E-state index contributed by atoms with van der Waals surface area (Å²) in [6, 6.07) is 10.9. The number of nitrogens with one attached hydrogen (secondary N) is 1. The number of benzene rings is 1. The molecule has 1 N–H and O–H groups in total. The van der Waals surface area contributed by atoms with Gasteiger partial charge < -0.3 is 4.74 Å². The highest BCUT2D eigenvalue weighted by Gasteiger charge is 2.30. The summed E-state index contributed by atoms with van der Waals surface area (Å²) >= 11 is 1.22. The topological polar surface area (TPSA) is 75.7 Å². The van der Waals surface area contributed by atoms with E-state index in [1.165, 1.54) is 11.3 Å². The molecule has 29 heavy (non-hydrogen) atoms. The van der Waals surface area contributed by atoms with Crippen LogP contribution in [0.3, 0.4) is 0 Å². The highest BCUT2D eigenvalue weighted by atomic mass is 32.2. The minimum atomic E-state index is -3.48. The van der Waals surface area contributed by atoms with Crippen molar-refractivity contribution in [1.82, 2.24) is 9.84 Å². The lowest BCUT2D eigenvalue weighted by molar-refractivity contribution is 0.0967. The van der Waals surface area contributed by atoms with Gasteiger partial charge in [-0.05, 0) is 74.2 Å². The normalized spacial score (nSPS) is 20.1. The molecule has 2 fully saturated rings. The van der Waals surface area contributed by atoms with Crippen molar-refractivity contribution in [2.75, 3.05) is 13.2 Å². The fourth-order valence-electron chi connectivity index (χ4n) is 3.68. The van der Waals surface area contributed by atoms with Gasteiger partial charge in [-0.15, -0.1) is 16.2 Å². The van der Waals surface area contributed by atoms with Crippen molar-refractivity contribution in [2.45, 2.75) is 48.8 Å². The molecule has 2 heterocycles. The Morgan fingerprint density at radius 1 is 1.17 bits per heavy atom. The second-order valence-corrected chi connectivity index (χ2v) is 10.5. The van der Waals surface area contributed by atoms with Gasteiger partial charge in [-0.3, -0.25) is 4.79 Å². The highest BCUT2D eigenvalue weighted by Crippen LogP contribution is 2.33. The summed E-state index contributed by atoms with van der Waals surface area (Å²) in [4.78, 5) is 14.8. The Hall–Kier alpha value is -1.74. The van der Waals surface area contributed by atoms with Gasteiger partial charge in [0.15, 0.2) is 5.78 Å². The van der Waals surface area contributed by atoms with Crippen molar-refractivity contribution in [2.24, 2.45) is 5.92 Å². The molecule has 4 rings (SSSR count). The number of carbonyl (C=O) groups excluding carboxylic acids is 1. The summed E-state index contributed by atoms with van der Waals surface area (Å²) in [7, 11) is -3.48. The molecule has 2 aliphatic rings. The van der Waals surface area contributed by atoms with Gasteiger partial charge >= 0.3 is 0 Å². The first-order valence-electron chi connectivity index (χ1n) is 10.1. The summed E-state index contributed by atoms with van der Waals surface area (Å²) in [5.41, 5.74) is 0.763. The molecule has 0 radical (unpaired) electrons. The molecular weight excluding hydrogens is 408 g/mol. The van der Waals surface area contributed by atoms with Gasteiger partial charge in [-0.25, -0.2) is 13.4 Å². The van der Waals surface area contributed by atoms with Crippen molar-refractivity contribution >= 4 is 27.1 Å². The average molecular weight is 435 g/mol. The van der Waals surface area contributed by atoms with Crippen LogP contribution in [0.15, 0.2) is 46.0 Å². The van der Waals surface area contributed by atoms with Gasteiger partial charge in [-0.2, -0.15) is 0 Å². The van der Waals surface area contributed by atoms with Crippen LogP contribution >= 0.6 is 11.3 Å². The summed E-state index contributed by atoms with van der Waals surface area (Å²) < 4.78 is 31.0. The van der Waals surface area contributed by atoms with E-state index in [9.17, 15) is 13.2 Å². The van der Waals surface area contributed by atoms with Crippen LogP contribution in [0.4, 0.5) is 0 Å². The SMILES string of the molecule is O=C(c1ccc(OCCCC2CCCN2NS(=O)(=O)c2cccs2)cc1)C1CC1. The Morgan fingerprint density at radius 3 is 2.66 bits per heavy atom. The minimum absolute atomic E-state index is 0.187. The number of sulfonamides is 1. The molecule has 1 unspecified atom stereocenters. The summed E-state index contributed by atoms with van der Waals surface area (Å²) in [6.07, 6.45) is 5.69. The van der Waals surface area contributed by atoms with E-state index in [-0.39, 0.29) is 17.7 Å². The quantitative estimate of drug-likeness (QED) is 0.454. The van der Waals surface area contributed by atoms with E-state index in [4.69, 9.17) is 4.74 Å². The molecule has 1 saturated carbocycles. The van der Waals surface area contributed by atoms with E-state index in [1.807, 2.05) is 29.3 Å². The molecule has 0 amide bonds. The molecule has 1 aliphatic heterocycles. The number of Topliss-reactive ketones (excluding diaryl/α,β-unsaturated/α-hetero) is 1. The molecule has 1 saturated heterocycles. The lowest BCUT2D eigenvalue weighted by Gasteiger charge is -2.24. The van der Waals surface area contributed by atoms with Gasteiger partial charge in [0.05, 0.1) is 6.61 Å². The van der Waals surface area contributed by atoms with Crippen molar-refractivity contribution < 1.29 is 17.9 Å². The Morgan fingerprint density at radius 2 is 1.97 bits per heavy atom. The van der Waals surface area contributed by atoms with E-state index >= 15 is 0 Å². The largest absolute Gasteiger partial charge is 0.494 e. The van der Waals surface area contributed by atoms with Crippen molar-refractivity contribution in [3.8, 4) is 5.75 Å². The molecule has 1 aromatic heterocycles. The number of nitrogens with zero attached hydrogens (tertiary/aromatic N) is 1. The van der Waals surface area contributed by atoms with Crippen LogP contribution in [0.5, 0.6) is 5.75 Å². The maximum absolute atomic E-state index is 12.4. The lowest BCUT2D eigenvalue weighted by atomic mass is 10.1. The zero-order valence-corrected chi connectivity index (χ0v) is 17.9. The van der Waals surface area contributed by atoms with Gasteiger partial charge in [0.25, 0.3) is 10.0 Å². The number of thiophene rings is 1. The van der Waals surface area contributed by atoms with Crippen LogP contribution in [-0.2, 0) is 10.0 Å². The molecule has 1 atom stereocenters. The third kappa shape index (κ3) is 5.25. The lowest BCUT2D eigenvalue weighted by Crippen LogP contribution is -2.44. The van der Waals surface area contributed by atoms with Crippen LogP contribution in [0.2, 0.25) is 0 Å². The molecule has 2 aromatic rings. The number of hydrogen-bond donors (Lipinski definition) is 1. The standard InChI is InChI=1S/C21H26N2O4S2/c24-21(16-7-8-16)17-9-11-19(12-10-17)27-14-2-5-18-4-1-13-23(18)22-29(25,26)20-6-3-15-28-20/h3,6,9-12,15-16,18,22H,1-2,4-5,7-8,13-14H2. The first kappa shape index (κ1) is 20.5. The average Bonchev–Trinajstić information content (AvgIpc) is 3.22. The Labute approximate surface area is 175 Å². The molecule has 1 aromatic carbocycles. The van der Waals surface area contributed by atoms with E-state index in [1.54, 1.807) is 17.5 Å². The van der Waals surface area contributed by atoms with Crippen molar-refractivity contribution in [3.05, 3.63) is 47.3 Å². The molecular formula is C21H26N2O4S2. The number of hydrogen-bond acceptors (Lipinski definition) is 6. The summed E-state index contributed by atoms with van der Waals surface area (Å²) in [5.74, 6) is 1.23. The van der Waals surface area contributed by atoms with Gasteiger partial charge in [-0.1, -0.05) is 6.07 Å². The second kappa shape index (κ2) is 8.95. The van der Waals surface area contributed by atoms with Crippen LogP contribution in [0, 0.1) is 5.92 Å². The van der Waals surface area contributed by atoms with Gasteiger partial charge in [0.2, 0.25) is 0 Å². The summed E-state index contributed by atoms with van der Waals surface area (Å²) in [6.45, 7) is 1.30. The zero-order valence-electron chi connectivity index (χ0n) is 16.2. The van der Waals surface area contributed by atoms with Gasteiger partial charge in [0, 0.05) is 24.1 Å². The van der Waals surface area contributed by atoms with Crippen LogP contribution in [-0.4, -0.2) is 38.4 Å². The predicted octanol–water partition coefficient (Wildman–Crippen LogP) is 3.86.